The van der Waals surface area contributed by atoms with Gasteiger partial charge < -0.3 is 6.42 Å². The molecule has 0 nitrogen and oxygen atoms in total. The molecule has 0 atom stereocenters. The van der Waals surface area contributed by atoms with Gasteiger partial charge in [0.25, 0.3) is 0 Å². The molecule has 0 aromatic rings. The van der Waals surface area contributed by atoms with E-state index in [9.17, 15) is 12.9 Å². The second-order valence-corrected chi connectivity index (χ2v) is 1.11. The summed E-state index contributed by atoms with van der Waals surface area (Å²) in [6.45, 7) is 0. The Morgan fingerprint density at radius 3 is 1.25 bits per heavy atom. The fraction of sp³-hybridized carbons (Fsp3) is 0.667. The van der Waals surface area contributed by atoms with Crippen LogP contribution in [0, 0.1) is 6.42 Å². The quantitative estimate of drug-likeness (QED) is 0.301. The zero-order chi connectivity index (χ0) is 5.70. The fourth-order valence-electron chi connectivity index (χ4n) is 0. The Bertz CT molecular complexity index is 36.0. The third-order valence-electron chi connectivity index (χ3n) is 0.289. The molecule has 42 valence electrons. The van der Waals surface area contributed by atoms with Gasteiger partial charge in [-0.15, -0.1) is 0 Å². The summed E-state index contributed by atoms with van der Waals surface area (Å²) in [6, 6.07) is 0. The average Bonchev–Trinajstić information content (AvgIpc) is 2.02. The molecule has 0 bridgehead atoms. The standard InChI is InChI=1S/C3H5.BF3.K/c1-2-3-1;2-1(3)4;/h1H,2-3H2;;/q-1;;+1. The monoisotopic (exact) mass is 148 g/mol. The third kappa shape index (κ3) is 50.9. The largest absolute Gasteiger partial charge is 1.00 e. The molecule has 1 saturated carbocycles. The molecule has 8 heavy (non-hydrogen) atoms. The predicted octanol–water partition coefficient (Wildman–Crippen LogP) is -1.13. The van der Waals surface area contributed by atoms with Gasteiger partial charge in [-0.25, -0.2) is 12.8 Å². The molecule has 0 radical (unpaired) electrons. The summed E-state index contributed by atoms with van der Waals surface area (Å²) in [5.74, 6) is 0. The second-order valence-electron chi connectivity index (χ2n) is 1.11. The normalized spacial score (nSPS) is 12.4. The Kier molecular flexibility index (Phi) is 12.9. The Hall–Kier alpha value is 1.49. The zero-order valence-corrected chi connectivity index (χ0v) is 7.83. The van der Waals surface area contributed by atoms with Crippen molar-refractivity contribution in [3.05, 3.63) is 6.42 Å². The Morgan fingerprint density at radius 1 is 1.12 bits per heavy atom. The molecule has 0 aliphatic heterocycles. The van der Waals surface area contributed by atoms with E-state index in [1.165, 1.54) is 12.8 Å². The molecular weight excluding hydrogens is 143 g/mol. The van der Waals surface area contributed by atoms with Crippen LogP contribution in [0.5, 0.6) is 0 Å². The maximum absolute atomic E-state index is 9.67. The fourth-order valence-corrected chi connectivity index (χ4v) is 0. The van der Waals surface area contributed by atoms with Gasteiger partial charge in [-0.1, -0.05) is 0 Å². The van der Waals surface area contributed by atoms with Crippen molar-refractivity contribution in [3.63, 3.8) is 0 Å². The van der Waals surface area contributed by atoms with E-state index in [0.29, 0.717) is 0 Å². The van der Waals surface area contributed by atoms with Gasteiger partial charge in [0, 0.05) is 0 Å². The second kappa shape index (κ2) is 8.49. The van der Waals surface area contributed by atoms with Crippen LogP contribution in [-0.4, -0.2) is 7.54 Å². The molecule has 1 aliphatic rings. The molecule has 5 heteroatoms. The van der Waals surface area contributed by atoms with Crippen LogP contribution in [0.15, 0.2) is 0 Å². The first-order valence-electron chi connectivity index (χ1n) is 1.97. The summed E-state index contributed by atoms with van der Waals surface area (Å²) in [5.41, 5.74) is 0. The minimum atomic E-state index is -3.67. The van der Waals surface area contributed by atoms with E-state index in [1.54, 1.807) is 0 Å². The molecule has 0 aromatic carbocycles. The van der Waals surface area contributed by atoms with Crippen LogP contribution in [0.1, 0.15) is 12.8 Å². The van der Waals surface area contributed by atoms with Gasteiger partial charge >= 0.3 is 58.9 Å². The van der Waals surface area contributed by atoms with Gasteiger partial charge in [-0.2, -0.15) is 0 Å². The summed E-state index contributed by atoms with van der Waals surface area (Å²) < 4.78 is 29.0. The maximum atomic E-state index is 9.67. The number of hydrogen-bond donors (Lipinski definition) is 0. The van der Waals surface area contributed by atoms with Gasteiger partial charge in [0.1, 0.15) is 0 Å². The van der Waals surface area contributed by atoms with E-state index in [-0.39, 0.29) is 51.4 Å². The first kappa shape index (κ1) is 12.2. The maximum Gasteiger partial charge on any atom is 1.00 e. The summed E-state index contributed by atoms with van der Waals surface area (Å²) >= 11 is 0. The minimum absolute atomic E-state index is 0. The molecule has 0 N–H and O–H groups in total. The van der Waals surface area contributed by atoms with Gasteiger partial charge in [0.15, 0.2) is 0 Å². The van der Waals surface area contributed by atoms with Gasteiger partial charge in [-0.05, 0) is 0 Å². The van der Waals surface area contributed by atoms with E-state index >= 15 is 0 Å². The Balaban J connectivity index is 0. The third-order valence-corrected chi connectivity index (χ3v) is 0.289. The Labute approximate surface area is 89.9 Å². The first-order chi connectivity index (χ1) is 3.23. The van der Waals surface area contributed by atoms with Crippen molar-refractivity contribution in [2.45, 2.75) is 12.8 Å². The summed E-state index contributed by atoms with van der Waals surface area (Å²) in [6.07, 6.45) is 5.00. The van der Waals surface area contributed by atoms with Gasteiger partial charge in [0.2, 0.25) is 0 Å². The van der Waals surface area contributed by atoms with E-state index in [4.69, 9.17) is 0 Å². The molecule has 0 aromatic heterocycles. The van der Waals surface area contributed by atoms with Crippen LogP contribution < -0.4 is 51.4 Å². The van der Waals surface area contributed by atoms with E-state index < -0.39 is 7.54 Å². The van der Waals surface area contributed by atoms with Crippen LogP contribution in [0.4, 0.5) is 12.9 Å². The molecular formula is C3H5BF3K. The Morgan fingerprint density at radius 2 is 1.25 bits per heavy atom. The van der Waals surface area contributed by atoms with Crippen LogP contribution in [0.2, 0.25) is 0 Å². The van der Waals surface area contributed by atoms with Crippen LogP contribution in [0.25, 0.3) is 0 Å². The number of rotatable bonds is 0. The topological polar surface area (TPSA) is 0 Å². The molecule has 0 spiro atoms. The smallest absolute Gasteiger partial charge is 0.333 e. The van der Waals surface area contributed by atoms with Crippen LogP contribution in [0.3, 0.4) is 0 Å². The minimum Gasteiger partial charge on any atom is -0.333 e. The molecule has 0 amide bonds. The van der Waals surface area contributed by atoms with Crippen molar-refractivity contribution in [1.82, 2.24) is 0 Å². The van der Waals surface area contributed by atoms with Crippen molar-refractivity contribution in [2.75, 3.05) is 0 Å². The van der Waals surface area contributed by atoms with Crippen molar-refractivity contribution < 1.29 is 64.3 Å². The molecule has 1 rings (SSSR count). The van der Waals surface area contributed by atoms with Crippen molar-refractivity contribution >= 4 is 7.54 Å². The summed E-state index contributed by atoms with van der Waals surface area (Å²) in [5, 5.41) is 0. The van der Waals surface area contributed by atoms with Crippen molar-refractivity contribution in [2.24, 2.45) is 0 Å². The van der Waals surface area contributed by atoms with E-state index in [0.717, 1.165) is 0 Å². The molecule has 1 aliphatic carbocycles. The number of halogens is 3. The molecule has 1 fully saturated rings. The van der Waals surface area contributed by atoms with Gasteiger partial charge in [0.05, 0.1) is 0 Å². The molecule has 0 unspecified atom stereocenters. The summed E-state index contributed by atoms with van der Waals surface area (Å²) in [4.78, 5) is 0. The van der Waals surface area contributed by atoms with E-state index in [1.807, 2.05) is 0 Å². The first-order valence-corrected chi connectivity index (χ1v) is 1.97. The molecule has 0 saturated heterocycles. The number of hydrogen-bond acceptors (Lipinski definition) is 0. The average molecular weight is 148 g/mol. The predicted molar refractivity (Wildman–Crippen MR) is 22.6 cm³/mol. The van der Waals surface area contributed by atoms with Crippen molar-refractivity contribution in [1.29, 1.82) is 0 Å². The van der Waals surface area contributed by atoms with E-state index in [2.05, 4.69) is 6.42 Å². The van der Waals surface area contributed by atoms with Crippen LogP contribution >= 0.6 is 0 Å². The molecule has 0 heterocycles. The van der Waals surface area contributed by atoms with Crippen LogP contribution in [-0.2, 0) is 0 Å². The van der Waals surface area contributed by atoms with Crippen molar-refractivity contribution in [3.8, 4) is 0 Å². The zero-order valence-electron chi connectivity index (χ0n) is 4.70. The van der Waals surface area contributed by atoms with Gasteiger partial charge in [-0.3, -0.25) is 12.9 Å². The summed E-state index contributed by atoms with van der Waals surface area (Å²) in [7, 11) is -3.67. The SMILES string of the molecule is FB(F)F.[CH-]1CC1.[K+].